The molecule has 21 heavy (non-hydrogen) atoms. The zero-order valence-corrected chi connectivity index (χ0v) is 13.2. The standard InChI is InChI=1S/C15H20N2O3S/c1-11-9-13-10-12(15(18)16-7-3-4-8-16)5-6-14(13)17(11)21(2,19)20/h5-6,10-11H,3-4,7-9H2,1-2H3/t11-/m1/s1. The third-order valence-corrected chi connectivity index (χ3v) is 5.50. The normalized spacial score (nSPS) is 21.7. The van der Waals surface area contributed by atoms with E-state index in [0.717, 1.165) is 31.5 Å². The highest BCUT2D eigenvalue weighted by Gasteiger charge is 2.33. The van der Waals surface area contributed by atoms with E-state index in [4.69, 9.17) is 0 Å². The fraction of sp³-hybridized carbons (Fsp3) is 0.533. The van der Waals surface area contributed by atoms with Crippen LogP contribution in [0, 0.1) is 0 Å². The summed E-state index contributed by atoms with van der Waals surface area (Å²) < 4.78 is 25.2. The number of benzene rings is 1. The molecule has 5 nitrogen and oxygen atoms in total. The Hall–Kier alpha value is -1.56. The summed E-state index contributed by atoms with van der Waals surface area (Å²) in [7, 11) is -3.28. The fourth-order valence-corrected chi connectivity index (χ4v) is 4.61. The van der Waals surface area contributed by atoms with Crippen LogP contribution in [0.25, 0.3) is 0 Å². The van der Waals surface area contributed by atoms with Gasteiger partial charge in [-0.2, -0.15) is 0 Å². The third-order valence-electron chi connectivity index (χ3n) is 4.23. The molecular weight excluding hydrogens is 288 g/mol. The van der Waals surface area contributed by atoms with Gasteiger partial charge in [-0.3, -0.25) is 9.10 Å². The Morgan fingerprint density at radius 1 is 1.24 bits per heavy atom. The summed E-state index contributed by atoms with van der Waals surface area (Å²) in [5, 5.41) is 0. The highest BCUT2D eigenvalue weighted by atomic mass is 32.2. The molecule has 1 atom stereocenters. The first kappa shape index (κ1) is 14.4. The molecule has 0 aromatic heterocycles. The molecular formula is C15H20N2O3S. The highest BCUT2D eigenvalue weighted by Crippen LogP contribution is 2.35. The van der Waals surface area contributed by atoms with Crippen LogP contribution in [0.2, 0.25) is 0 Å². The molecule has 0 aliphatic carbocycles. The van der Waals surface area contributed by atoms with Gasteiger partial charge in [0.25, 0.3) is 5.91 Å². The van der Waals surface area contributed by atoms with Crippen LogP contribution in [-0.2, 0) is 16.4 Å². The van der Waals surface area contributed by atoms with Crippen LogP contribution in [0.3, 0.4) is 0 Å². The number of anilines is 1. The van der Waals surface area contributed by atoms with E-state index in [9.17, 15) is 13.2 Å². The molecule has 1 aromatic rings. The fourth-order valence-electron chi connectivity index (χ4n) is 3.34. The topological polar surface area (TPSA) is 57.7 Å². The Balaban J connectivity index is 1.93. The molecule has 2 heterocycles. The van der Waals surface area contributed by atoms with Crippen molar-refractivity contribution in [2.45, 2.75) is 32.2 Å². The van der Waals surface area contributed by atoms with Crippen molar-refractivity contribution in [1.82, 2.24) is 4.90 Å². The predicted molar refractivity (Wildman–Crippen MR) is 82.1 cm³/mol. The second kappa shape index (κ2) is 5.02. The zero-order chi connectivity index (χ0) is 15.2. The van der Waals surface area contributed by atoms with Crippen LogP contribution in [0.1, 0.15) is 35.7 Å². The number of carbonyl (C=O) groups is 1. The number of hydrogen-bond acceptors (Lipinski definition) is 3. The van der Waals surface area contributed by atoms with E-state index in [2.05, 4.69) is 0 Å². The lowest BCUT2D eigenvalue weighted by molar-refractivity contribution is 0.0792. The van der Waals surface area contributed by atoms with Crippen LogP contribution in [-0.4, -0.2) is 44.6 Å². The van der Waals surface area contributed by atoms with Crippen molar-refractivity contribution in [3.05, 3.63) is 29.3 Å². The maximum atomic E-state index is 12.4. The monoisotopic (exact) mass is 308 g/mol. The van der Waals surface area contributed by atoms with Gasteiger partial charge in [0, 0.05) is 24.7 Å². The van der Waals surface area contributed by atoms with Gasteiger partial charge in [0.05, 0.1) is 11.9 Å². The minimum absolute atomic E-state index is 0.0563. The maximum Gasteiger partial charge on any atom is 0.253 e. The summed E-state index contributed by atoms with van der Waals surface area (Å²) in [6.07, 6.45) is 4.01. The Bertz CT molecular complexity index is 678. The van der Waals surface area contributed by atoms with Gasteiger partial charge in [0.15, 0.2) is 0 Å². The Kier molecular flexibility index (Phi) is 3.43. The number of rotatable bonds is 2. The number of carbonyl (C=O) groups excluding carboxylic acids is 1. The molecule has 0 N–H and O–H groups in total. The first-order valence-corrected chi connectivity index (χ1v) is 9.14. The largest absolute Gasteiger partial charge is 0.339 e. The number of amides is 1. The third kappa shape index (κ3) is 2.52. The summed E-state index contributed by atoms with van der Waals surface area (Å²) in [5.74, 6) is 0.0563. The molecule has 0 saturated carbocycles. The van der Waals surface area contributed by atoms with Crippen LogP contribution >= 0.6 is 0 Å². The summed E-state index contributed by atoms with van der Waals surface area (Å²) in [6, 6.07) is 5.28. The van der Waals surface area contributed by atoms with Crippen molar-refractivity contribution < 1.29 is 13.2 Å². The van der Waals surface area contributed by atoms with Gasteiger partial charge < -0.3 is 4.90 Å². The van der Waals surface area contributed by atoms with Crippen LogP contribution < -0.4 is 4.31 Å². The molecule has 114 valence electrons. The lowest BCUT2D eigenvalue weighted by atomic mass is 10.1. The van der Waals surface area contributed by atoms with Crippen molar-refractivity contribution in [3.63, 3.8) is 0 Å². The van der Waals surface area contributed by atoms with Crippen molar-refractivity contribution >= 4 is 21.6 Å². The van der Waals surface area contributed by atoms with Crippen molar-refractivity contribution in [3.8, 4) is 0 Å². The Morgan fingerprint density at radius 3 is 2.52 bits per heavy atom. The number of likely N-dealkylation sites (tertiary alicyclic amines) is 1. The van der Waals surface area contributed by atoms with Gasteiger partial charge in [0.2, 0.25) is 10.0 Å². The minimum Gasteiger partial charge on any atom is -0.339 e. The van der Waals surface area contributed by atoms with Crippen molar-refractivity contribution in [2.24, 2.45) is 0 Å². The van der Waals surface area contributed by atoms with Crippen LogP contribution in [0.5, 0.6) is 0 Å². The lowest BCUT2D eigenvalue weighted by Crippen LogP contribution is -2.34. The van der Waals surface area contributed by atoms with Crippen LogP contribution in [0.4, 0.5) is 5.69 Å². The summed E-state index contributed by atoms with van der Waals surface area (Å²) in [4.78, 5) is 14.3. The van der Waals surface area contributed by atoms with Crippen molar-refractivity contribution in [1.29, 1.82) is 0 Å². The molecule has 0 radical (unpaired) electrons. The van der Waals surface area contributed by atoms with E-state index in [1.165, 1.54) is 10.6 Å². The summed E-state index contributed by atoms with van der Waals surface area (Å²) >= 11 is 0. The number of fused-ring (bicyclic) bond motifs is 1. The van der Waals surface area contributed by atoms with E-state index in [1.54, 1.807) is 12.1 Å². The zero-order valence-electron chi connectivity index (χ0n) is 12.4. The van der Waals surface area contributed by atoms with Crippen LogP contribution in [0.15, 0.2) is 18.2 Å². The van der Waals surface area contributed by atoms with E-state index < -0.39 is 10.0 Å². The van der Waals surface area contributed by atoms with E-state index >= 15 is 0 Å². The summed E-state index contributed by atoms with van der Waals surface area (Å²) in [6.45, 7) is 3.53. The van der Waals surface area contributed by atoms with Gasteiger partial charge >= 0.3 is 0 Å². The number of hydrogen-bond donors (Lipinski definition) is 0. The number of nitrogens with zero attached hydrogens (tertiary/aromatic N) is 2. The molecule has 2 aliphatic rings. The molecule has 2 aliphatic heterocycles. The lowest BCUT2D eigenvalue weighted by Gasteiger charge is -2.22. The smallest absolute Gasteiger partial charge is 0.253 e. The maximum absolute atomic E-state index is 12.4. The molecule has 1 aromatic carbocycles. The number of sulfonamides is 1. The second-order valence-electron chi connectivity index (χ2n) is 5.95. The van der Waals surface area contributed by atoms with Crippen molar-refractivity contribution in [2.75, 3.05) is 23.7 Å². The van der Waals surface area contributed by atoms with Gasteiger partial charge in [-0.25, -0.2) is 8.42 Å². The molecule has 1 fully saturated rings. The molecule has 0 spiro atoms. The molecule has 1 saturated heterocycles. The van der Waals surface area contributed by atoms with Gasteiger partial charge in [-0.1, -0.05) is 0 Å². The Morgan fingerprint density at radius 2 is 1.90 bits per heavy atom. The second-order valence-corrected chi connectivity index (χ2v) is 7.81. The minimum atomic E-state index is -3.28. The van der Waals surface area contributed by atoms with E-state index in [0.29, 0.717) is 17.7 Å². The van der Waals surface area contributed by atoms with E-state index in [1.807, 2.05) is 17.9 Å². The molecule has 0 bridgehead atoms. The van der Waals surface area contributed by atoms with Gasteiger partial charge in [-0.05, 0) is 49.9 Å². The Labute approximate surface area is 125 Å². The highest BCUT2D eigenvalue weighted by molar-refractivity contribution is 7.92. The quantitative estimate of drug-likeness (QED) is 0.834. The van der Waals surface area contributed by atoms with Gasteiger partial charge in [-0.15, -0.1) is 0 Å². The first-order valence-electron chi connectivity index (χ1n) is 7.29. The predicted octanol–water partition coefficient (Wildman–Crippen LogP) is 1.63. The van der Waals surface area contributed by atoms with Gasteiger partial charge in [0.1, 0.15) is 0 Å². The molecule has 6 heteroatoms. The molecule has 0 unspecified atom stereocenters. The summed E-state index contributed by atoms with van der Waals surface area (Å²) in [5.41, 5.74) is 2.32. The first-order chi connectivity index (χ1) is 9.88. The average Bonchev–Trinajstić information content (AvgIpc) is 3.01. The SMILES string of the molecule is C[C@@H]1Cc2cc(C(=O)N3CCCC3)ccc2N1S(C)(=O)=O. The molecule has 1 amide bonds. The average molecular weight is 308 g/mol. The van der Waals surface area contributed by atoms with E-state index in [-0.39, 0.29) is 11.9 Å². The molecule has 3 rings (SSSR count).